The summed E-state index contributed by atoms with van der Waals surface area (Å²) in [7, 11) is 0. The number of ketones is 2. The Morgan fingerprint density at radius 2 is 1.10 bits per heavy atom. The van der Waals surface area contributed by atoms with E-state index in [0.29, 0.717) is 65.1 Å². The van der Waals surface area contributed by atoms with Crippen LogP contribution in [0.15, 0.2) is 12.4 Å². The Morgan fingerprint density at radius 3 is 1.46 bits per heavy atom. The maximum Gasteiger partial charge on any atom is 0.273 e. The van der Waals surface area contributed by atoms with Gasteiger partial charge in [-0.15, -0.1) is 10.2 Å². The molecule has 2 amide bonds. The Bertz CT molecular complexity index is 1020. The molecule has 13 nitrogen and oxygen atoms in total. The van der Waals surface area contributed by atoms with Gasteiger partial charge in [-0.3, -0.25) is 19.2 Å². The average Bonchev–Trinajstić information content (AvgIpc) is 3.52. The normalized spacial score (nSPS) is 11.8. The van der Waals surface area contributed by atoms with Gasteiger partial charge < -0.3 is 15.4 Å². The lowest BCUT2D eigenvalue weighted by molar-refractivity contribution is -0.127. The Kier molecular flexibility index (Phi) is 11.9. The first-order chi connectivity index (χ1) is 18.3. The van der Waals surface area contributed by atoms with Crippen molar-refractivity contribution in [1.29, 1.82) is 0 Å². The maximum absolute atomic E-state index is 12.2. The van der Waals surface area contributed by atoms with Gasteiger partial charge in [0.25, 0.3) is 11.8 Å². The maximum atomic E-state index is 12.2. The number of hydrogen-bond acceptors (Lipinski definition) is 9. The van der Waals surface area contributed by atoms with Crippen LogP contribution in [-0.4, -0.2) is 79.7 Å². The number of hydrogen-bond donors (Lipinski definition) is 2. The van der Waals surface area contributed by atoms with Gasteiger partial charge in [-0.25, -0.2) is 9.36 Å². The summed E-state index contributed by atoms with van der Waals surface area (Å²) in [5, 5.41) is 21.1. The van der Waals surface area contributed by atoms with Gasteiger partial charge in [0.1, 0.15) is 11.6 Å². The largest absolute Gasteiger partial charge is 0.378 e. The third-order valence-corrected chi connectivity index (χ3v) is 5.88. The molecule has 0 saturated heterocycles. The minimum atomic E-state index is -0.376. The zero-order valence-corrected chi connectivity index (χ0v) is 24.0. The molecule has 216 valence electrons. The first-order valence-electron chi connectivity index (χ1n) is 13.3. The van der Waals surface area contributed by atoms with Gasteiger partial charge in [-0.2, -0.15) is 0 Å². The number of ether oxygens (including phenoxy) is 1. The highest BCUT2D eigenvalue weighted by molar-refractivity contribution is 5.92. The first kappa shape index (κ1) is 31.7. The molecule has 2 aromatic heterocycles. The predicted octanol–water partition coefficient (Wildman–Crippen LogP) is 1.84. The molecule has 0 radical (unpaired) electrons. The van der Waals surface area contributed by atoms with Crippen LogP contribution in [0.3, 0.4) is 0 Å². The van der Waals surface area contributed by atoms with Gasteiger partial charge >= 0.3 is 0 Å². The van der Waals surface area contributed by atoms with E-state index in [-0.39, 0.29) is 45.6 Å². The third-order valence-electron chi connectivity index (χ3n) is 5.88. The zero-order valence-electron chi connectivity index (χ0n) is 24.0. The van der Waals surface area contributed by atoms with E-state index in [4.69, 9.17) is 4.74 Å². The van der Waals surface area contributed by atoms with Gasteiger partial charge in [0.05, 0.1) is 38.7 Å². The first-order valence-corrected chi connectivity index (χ1v) is 13.3. The lowest BCUT2D eigenvalue weighted by Crippen LogP contribution is -2.26. The van der Waals surface area contributed by atoms with Crippen molar-refractivity contribution in [1.82, 2.24) is 40.6 Å². The van der Waals surface area contributed by atoms with Crippen molar-refractivity contribution in [2.75, 3.05) is 26.3 Å². The van der Waals surface area contributed by atoms with Crippen molar-refractivity contribution in [3.63, 3.8) is 0 Å². The molecule has 0 aromatic carbocycles. The molecule has 0 saturated carbocycles. The van der Waals surface area contributed by atoms with E-state index in [0.717, 1.165) is 0 Å². The number of aromatic nitrogens is 6. The van der Waals surface area contributed by atoms with Gasteiger partial charge in [0.2, 0.25) is 0 Å². The molecule has 2 N–H and O–H groups in total. The summed E-state index contributed by atoms with van der Waals surface area (Å²) in [5.74, 6) is -0.353. The number of nitrogens with zero attached hydrogens (tertiary/aromatic N) is 6. The summed E-state index contributed by atoms with van der Waals surface area (Å²) < 4.78 is 8.64. The lowest BCUT2D eigenvalue weighted by Gasteiger charge is -2.16. The monoisotopic (exact) mass is 546 g/mol. The summed E-state index contributed by atoms with van der Waals surface area (Å²) in [6, 6.07) is 0. The van der Waals surface area contributed by atoms with Crippen LogP contribution in [0.2, 0.25) is 0 Å². The molecule has 39 heavy (non-hydrogen) atoms. The van der Waals surface area contributed by atoms with Gasteiger partial charge in [-0.05, 0) is 12.8 Å². The fraction of sp³-hybridized carbons (Fsp3) is 0.692. The molecule has 2 rings (SSSR count). The summed E-state index contributed by atoms with van der Waals surface area (Å²) >= 11 is 0. The second kappa shape index (κ2) is 14.6. The molecule has 0 aliphatic rings. The minimum absolute atomic E-state index is 0.162. The van der Waals surface area contributed by atoms with Crippen LogP contribution >= 0.6 is 0 Å². The van der Waals surface area contributed by atoms with Crippen LogP contribution in [0.5, 0.6) is 0 Å². The summed E-state index contributed by atoms with van der Waals surface area (Å²) in [6.07, 6.45) is 5.06. The molecule has 0 bridgehead atoms. The highest BCUT2D eigenvalue weighted by atomic mass is 16.5. The molecule has 0 fully saturated rings. The van der Waals surface area contributed by atoms with E-state index in [1.807, 2.05) is 41.5 Å². The van der Waals surface area contributed by atoms with Crippen LogP contribution in [-0.2, 0) is 27.4 Å². The second-order valence-electron chi connectivity index (χ2n) is 11.4. The highest BCUT2D eigenvalue weighted by Gasteiger charge is 2.21. The van der Waals surface area contributed by atoms with Crippen molar-refractivity contribution >= 4 is 23.4 Å². The van der Waals surface area contributed by atoms with E-state index in [2.05, 4.69) is 31.3 Å². The van der Waals surface area contributed by atoms with Crippen LogP contribution in [0.25, 0.3) is 0 Å². The Labute approximate surface area is 229 Å². The quantitative estimate of drug-likeness (QED) is 0.299. The molecule has 0 atom stereocenters. The average molecular weight is 547 g/mol. The number of carbonyl (C=O) groups excluding carboxylic acids is 4. The fourth-order valence-electron chi connectivity index (χ4n) is 3.27. The molecular formula is C26H42N8O5. The molecule has 0 aliphatic carbocycles. The number of Topliss-reactive ketones (excluding diaryl/α,β-unsaturated/α-hetero) is 2. The lowest BCUT2D eigenvalue weighted by atomic mass is 9.88. The van der Waals surface area contributed by atoms with Crippen LogP contribution in [0.1, 0.15) is 88.2 Å². The topological polar surface area (TPSA) is 163 Å². The van der Waals surface area contributed by atoms with Crippen molar-refractivity contribution < 1.29 is 23.9 Å². The summed E-state index contributed by atoms with van der Waals surface area (Å²) in [5.41, 5.74) is -0.351. The Balaban J connectivity index is 1.60. The second-order valence-corrected chi connectivity index (χ2v) is 11.4. The van der Waals surface area contributed by atoms with Crippen molar-refractivity contribution in [3.05, 3.63) is 23.8 Å². The number of amides is 2. The fourth-order valence-corrected chi connectivity index (χ4v) is 3.27. The Hall–Kier alpha value is -3.48. The van der Waals surface area contributed by atoms with Crippen LogP contribution in [0, 0.1) is 10.8 Å². The van der Waals surface area contributed by atoms with Crippen molar-refractivity contribution in [2.45, 2.75) is 80.3 Å². The number of carbonyl (C=O) groups is 4. The highest BCUT2D eigenvalue weighted by Crippen LogP contribution is 2.18. The summed E-state index contributed by atoms with van der Waals surface area (Å²) in [6.45, 7) is 13.6. The van der Waals surface area contributed by atoms with E-state index >= 15 is 0 Å². The molecule has 2 heterocycles. The minimum Gasteiger partial charge on any atom is -0.378 e. The third kappa shape index (κ3) is 11.4. The summed E-state index contributed by atoms with van der Waals surface area (Å²) in [4.78, 5) is 48.3. The number of rotatable bonds is 16. The zero-order chi connectivity index (χ0) is 29.1. The van der Waals surface area contributed by atoms with Crippen molar-refractivity contribution in [3.8, 4) is 0 Å². The van der Waals surface area contributed by atoms with Gasteiger partial charge in [0.15, 0.2) is 11.4 Å². The SMILES string of the molecule is CC(C)(C)C(=O)CCCNC(=O)c1cn(CCOCCn2cc(C(=O)NCCCC(=O)C(C)(C)C)nn2)nn1. The van der Waals surface area contributed by atoms with Gasteiger partial charge in [-0.1, -0.05) is 52.0 Å². The van der Waals surface area contributed by atoms with E-state index in [9.17, 15) is 19.2 Å². The van der Waals surface area contributed by atoms with Crippen molar-refractivity contribution in [2.24, 2.45) is 10.8 Å². The molecule has 2 aromatic rings. The molecule has 0 aliphatic heterocycles. The van der Waals surface area contributed by atoms with E-state index in [1.54, 1.807) is 12.4 Å². The van der Waals surface area contributed by atoms with Gasteiger partial charge in [0, 0.05) is 36.8 Å². The Morgan fingerprint density at radius 1 is 0.718 bits per heavy atom. The number of nitrogens with one attached hydrogen (secondary N) is 2. The molecule has 0 unspecified atom stereocenters. The molecule has 0 spiro atoms. The molecule has 13 heteroatoms. The van der Waals surface area contributed by atoms with E-state index in [1.165, 1.54) is 9.36 Å². The predicted molar refractivity (Wildman–Crippen MR) is 143 cm³/mol. The van der Waals surface area contributed by atoms with E-state index < -0.39 is 0 Å². The molecular weight excluding hydrogens is 504 g/mol. The standard InChI is InChI=1S/C26H42N8O5/c1-25(2,3)21(35)9-7-11-27-23(37)19-17-33(31-29-19)13-15-39-16-14-34-18-20(30-32-34)24(38)28-12-8-10-22(36)26(4,5)6/h17-18H,7-16H2,1-6H3,(H,27,37)(H,28,38). The smallest absolute Gasteiger partial charge is 0.273 e. The van der Waals surface area contributed by atoms with Crippen LogP contribution in [0.4, 0.5) is 0 Å². The van der Waals surface area contributed by atoms with Crippen LogP contribution < -0.4 is 10.6 Å².